The minimum absolute atomic E-state index is 0.242. The van der Waals surface area contributed by atoms with Crippen LogP contribution in [0.25, 0.3) is 6.08 Å². The lowest BCUT2D eigenvalue weighted by Gasteiger charge is -2.00. The molecule has 3 heteroatoms. The monoisotopic (exact) mass is 225 g/mol. The van der Waals surface area contributed by atoms with Gasteiger partial charge in [0.15, 0.2) is 0 Å². The summed E-state index contributed by atoms with van der Waals surface area (Å²) >= 11 is 5.68. The molecule has 1 aromatic carbocycles. The zero-order chi connectivity index (χ0) is 10.8. The van der Waals surface area contributed by atoms with Gasteiger partial charge in [-0.05, 0) is 31.4 Å². The Balaban J connectivity index is 2.24. The molecular formula is C12H13ClFN. The van der Waals surface area contributed by atoms with E-state index in [-0.39, 0.29) is 11.9 Å². The van der Waals surface area contributed by atoms with E-state index in [0.717, 1.165) is 19.3 Å². The molecule has 0 radical (unpaired) electrons. The van der Waals surface area contributed by atoms with E-state index in [0.29, 0.717) is 10.6 Å². The maximum absolute atomic E-state index is 13.4. The first kappa shape index (κ1) is 10.7. The third-order valence-electron chi connectivity index (χ3n) is 2.68. The van der Waals surface area contributed by atoms with Crippen molar-refractivity contribution in [2.75, 3.05) is 0 Å². The molecule has 0 bridgehead atoms. The van der Waals surface area contributed by atoms with Gasteiger partial charge in [-0.25, -0.2) is 4.39 Å². The van der Waals surface area contributed by atoms with Crippen LogP contribution in [0.5, 0.6) is 0 Å². The van der Waals surface area contributed by atoms with Crippen molar-refractivity contribution < 1.29 is 4.39 Å². The van der Waals surface area contributed by atoms with Crippen molar-refractivity contribution >= 4 is 17.7 Å². The molecule has 0 spiro atoms. The third-order valence-corrected chi connectivity index (χ3v) is 2.92. The summed E-state index contributed by atoms with van der Waals surface area (Å²) in [5, 5.41) is 0.428. The van der Waals surface area contributed by atoms with Crippen molar-refractivity contribution in [3.05, 3.63) is 40.2 Å². The first-order chi connectivity index (χ1) is 7.15. The van der Waals surface area contributed by atoms with E-state index >= 15 is 0 Å². The number of benzene rings is 1. The van der Waals surface area contributed by atoms with E-state index in [2.05, 4.69) is 0 Å². The van der Waals surface area contributed by atoms with Crippen LogP contribution < -0.4 is 5.73 Å². The Kier molecular flexibility index (Phi) is 3.08. The fourth-order valence-electron chi connectivity index (χ4n) is 1.88. The average Bonchev–Trinajstić information content (AvgIpc) is 2.56. The highest BCUT2D eigenvalue weighted by atomic mass is 35.5. The van der Waals surface area contributed by atoms with E-state index in [1.807, 2.05) is 6.08 Å². The highest BCUT2D eigenvalue weighted by Crippen LogP contribution is 2.26. The summed E-state index contributed by atoms with van der Waals surface area (Å²) in [6, 6.07) is 4.98. The molecule has 1 nitrogen and oxygen atoms in total. The maximum atomic E-state index is 13.4. The fourth-order valence-corrected chi connectivity index (χ4v) is 2.04. The molecule has 1 aliphatic rings. The van der Waals surface area contributed by atoms with Gasteiger partial charge in [-0.3, -0.25) is 0 Å². The molecule has 1 aliphatic carbocycles. The Morgan fingerprint density at radius 2 is 2.27 bits per heavy atom. The summed E-state index contributed by atoms with van der Waals surface area (Å²) in [6.07, 6.45) is 4.74. The quantitative estimate of drug-likeness (QED) is 0.779. The number of hydrogen-bond acceptors (Lipinski definition) is 1. The van der Waals surface area contributed by atoms with Gasteiger partial charge in [0.25, 0.3) is 0 Å². The maximum Gasteiger partial charge on any atom is 0.131 e. The molecule has 0 aliphatic heterocycles. The third kappa shape index (κ3) is 2.58. The highest BCUT2D eigenvalue weighted by molar-refractivity contribution is 6.30. The van der Waals surface area contributed by atoms with Gasteiger partial charge in [0.1, 0.15) is 5.82 Å². The predicted octanol–water partition coefficient (Wildman–Crippen LogP) is 3.37. The highest BCUT2D eigenvalue weighted by Gasteiger charge is 2.15. The summed E-state index contributed by atoms with van der Waals surface area (Å²) < 4.78 is 13.4. The van der Waals surface area contributed by atoms with Crippen LogP contribution in [0.2, 0.25) is 5.02 Å². The van der Waals surface area contributed by atoms with Crippen molar-refractivity contribution in [2.45, 2.75) is 25.3 Å². The summed E-state index contributed by atoms with van der Waals surface area (Å²) in [4.78, 5) is 0. The molecule has 0 amide bonds. The molecule has 1 fully saturated rings. The number of rotatable bonds is 1. The molecule has 80 valence electrons. The van der Waals surface area contributed by atoms with Crippen LogP contribution in [0.4, 0.5) is 4.39 Å². The van der Waals surface area contributed by atoms with Crippen LogP contribution in [-0.2, 0) is 0 Å². The predicted molar refractivity (Wildman–Crippen MR) is 61.2 cm³/mol. The number of halogens is 2. The van der Waals surface area contributed by atoms with Crippen molar-refractivity contribution in [1.29, 1.82) is 0 Å². The van der Waals surface area contributed by atoms with E-state index in [1.54, 1.807) is 12.1 Å². The van der Waals surface area contributed by atoms with Crippen LogP contribution in [0.1, 0.15) is 24.8 Å². The van der Waals surface area contributed by atoms with Gasteiger partial charge >= 0.3 is 0 Å². The van der Waals surface area contributed by atoms with Crippen LogP contribution in [0.15, 0.2) is 23.8 Å². The molecule has 2 N–H and O–H groups in total. The van der Waals surface area contributed by atoms with Crippen molar-refractivity contribution in [1.82, 2.24) is 0 Å². The van der Waals surface area contributed by atoms with E-state index in [9.17, 15) is 4.39 Å². The van der Waals surface area contributed by atoms with Crippen LogP contribution in [-0.4, -0.2) is 6.04 Å². The largest absolute Gasteiger partial charge is 0.327 e. The van der Waals surface area contributed by atoms with Gasteiger partial charge in [0, 0.05) is 16.6 Å². The lowest BCUT2D eigenvalue weighted by atomic mass is 10.1. The lowest BCUT2D eigenvalue weighted by molar-refractivity contribution is 0.625. The SMILES string of the molecule is NC1CC/C(=C/c2ccc(Cl)cc2F)C1. The van der Waals surface area contributed by atoms with Crippen LogP contribution >= 0.6 is 11.6 Å². The Morgan fingerprint density at radius 1 is 1.47 bits per heavy atom. The van der Waals surface area contributed by atoms with Crippen molar-refractivity contribution in [2.24, 2.45) is 5.73 Å². The zero-order valence-electron chi connectivity index (χ0n) is 8.34. The fraction of sp³-hybridized carbons (Fsp3) is 0.333. The minimum Gasteiger partial charge on any atom is -0.327 e. The molecule has 1 saturated carbocycles. The Labute approximate surface area is 93.7 Å². The molecule has 0 aromatic heterocycles. The second-order valence-corrected chi connectivity index (χ2v) is 4.41. The number of hydrogen-bond donors (Lipinski definition) is 1. The van der Waals surface area contributed by atoms with Crippen LogP contribution in [0.3, 0.4) is 0 Å². The zero-order valence-corrected chi connectivity index (χ0v) is 9.10. The van der Waals surface area contributed by atoms with Gasteiger partial charge in [-0.15, -0.1) is 0 Å². The van der Waals surface area contributed by atoms with Gasteiger partial charge < -0.3 is 5.73 Å². The molecule has 0 saturated heterocycles. The van der Waals surface area contributed by atoms with Crippen LogP contribution in [0, 0.1) is 5.82 Å². The second kappa shape index (κ2) is 4.33. The van der Waals surface area contributed by atoms with Gasteiger partial charge in [-0.1, -0.05) is 29.3 Å². The standard InChI is InChI=1S/C12H13ClFN/c13-10-3-2-9(12(14)7-10)5-8-1-4-11(15)6-8/h2-3,5,7,11H,1,4,6,15H2/b8-5-. The molecular weight excluding hydrogens is 213 g/mol. The Morgan fingerprint density at radius 3 is 2.87 bits per heavy atom. The van der Waals surface area contributed by atoms with E-state index < -0.39 is 0 Å². The second-order valence-electron chi connectivity index (χ2n) is 3.97. The molecule has 2 rings (SSSR count). The van der Waals surface area contributed by atoms with E-state index in [4.69, 9.17) is 17.3 Å². The summed E-state index contributed by atoms with van der Waals surface area (Å²) in [7, 11) is 0. The van der Waals surface area contributed by atoms with Gasteiger partial charge in [0.2, 0.25) is 0 Å². The van der Waals surface area contributed by atoms with Gasteiger partial charge in [-0.2, -0.15) is 0 Å². The smallest absolute Gasteiger partial charge is 0.131 e. The topological polar surface area (TPSA) is 26.0 Å². The van der Waals surface area contributed by atoms with E-state index in [1.165, 1.54) is 11.6 Å². The normalized spacial score (nSPS) is 23.7. The summed E-state index contributed by atoms with van der Waals surface area (Å²) in [6.45, 7) is 0. The Bertz CT molecular complexity index is 401. The first-order valence-corrected chi connectivity index (χ1v) is 5.43. The minimum atomic E-state index is -0.268. The van der Waals surface area contributed by atoms with Crippen molar-refractivity contribution in [3.8, 4) is 0 Å². The lowest BCUT2D eigenvalue weighted by Crippen LogP contribution is -2.13. The average molecular weight is 226 g/mol. The molecule has 1 atom stereocenters. The Hall–Kier alpha value is -0.860. The summed E-state index contributed by atoms with van der Waals surface area (Å²) in [5.41, 5.74) is 7.61. The molecule has 0 heterocycles. The van der Waals surface area contributed by atoms with Gasteiger partial charge in [0.05, 0.1) is 0 Å². The first-order valence-electron chi connectivity index (χ1n) is 5.05. The van der Waals surface area contributed by atoms with Crippen molar-refractivity contribution in [3.63, 3.8) is 0 Å². The summed E-state index contributed by atoms with van der Waals surface area (Å²) in [5.74, 6) is -0.268. The number of nitrogens with two attached hydrogens (primary N) is 1. The molecule has 15 heavy (non-hydrogen) atoms. The molecule has 1 unspecified atom stereocenters. The molecule has 1 aromatic rings.